The molecule has 0 saturated heterocycles. The van der Waals surface area contributed by atoms with Crippen LogP contribution in [0.2, 0.25) is 0 Å². The van der Waals surface area contributed by atoms with E-state index in [-0.39, 0.29) is 16.2 Å². The fourth-order valence-electron chi connectivity index (χ4n) is 2.78. The number of hydrogen-bond donors (Lipinski definition) is 1. The van der Waals surface area contributed by atoms with E-state index in [4.69, 9.17) is 0 Å². The van der Waals surface area contributed by atoms with E-state index in [1.807, 2.05) is 25.1 Å². The van der Waals surface area contributed by atoms with Gasteiger partial charge in [-0.3, -0.25) is 0 Å². The molecule has 5 heteroatoms. The van der Waals surface area contributed by atoms with E-state index < -0.39 is 15.8 Å². The third-order valence-corrected chi connectivity index (χ3v) is 5.50. The quantitative estimate of drug-likeness (QED) is 0.926. The molecule has 0 unspecified atom stereocenters. The highest BCUT2D eigenvalue weighted by atomic mass is 32.2. The number of hydrogen-bond acceptors (Lipinski definition) is 3. The monoisotopic (exact) mass is 302 g/mol. The summed E-state index contributed by atoms with van der Waals surface area (Å²) < 4.78 is 24.8. The molecule has 0 spiro atoms. The summed E-state index contributed by atoms with van der Waals surface area (Å²) in [7, 11) is -3.50. The van der Waals surface area contributed by atoms with Gasteiger partial charge < -0.3 is 5.11 Å². The lowest BCUT2D eigenvalue weighted by molar-refractivity contribution is 0.0695. The van der Waals surface area contributed by atoms with Crippen molar-refractivity contribution in [2.75, 3.05) is 0 Å². The van der Waals surface area contributed by atoms with Gasteiger partial charge in [-0.1, -0.05) is 31.2 Å². The van der Waals surface area contributed by atoms with Crippen molar-refractivity contribution >= 4 is 15.8 Å². The molecule has 0 radical (unpaired) electrons. The third kappa shape index (κ3) is 2.14. The second-order valence-corrected chi connectivity index (χ2v) is 7.04. The molecule has 0 amide bonds. The lowest BCUT2D eigenvalue weighted by Crippen LogP contribution is -2.15. The van der Waals surface area contributed by atoms with E-state index in [1.165, 1.54) is 6.07 Å². The fraction of sp³-hybridized carbons (Fsp3) is 0.188. The van der Waals surface area contributed by atoms with Crippen LogP contribution in [0.1, 0.15) is 28.4 Å². The zero-order chi connectivity index (χ0) is 15.2. The van der Waals surface area contributed by atoms with Crippen LogP contribution in [0.5, 0.6) is 0 Å². The maximum absolute atomic E-state index is 12.4. The standard InChI is InChI=1S/C16H14O4S/c1-2-10-7-14-12-6-4-3-5-11(12)9-21(19,20)15(14)8-13(10)16(17)18/h3-8H,2,9H2,1H3,(H,17,18). The molecule has 3 rings (SSSR count). The van der Waals surface area contributed by atoms with Crippen LogP contribution in [0.3, 0.4) is 0 Å². The van der Waals surface area contributed by atoms with Gasteiger partial charge in [0.1, 0.15) is 0 Å². The Morgan fingerprint density at radius 3 is 2.57 bits per heavy atom. The number of sulfone groups is 1. The molecule has 0 saturated carbocycles. The summed E-state index contributed by atoms with van der Waals surface area (Å²) >= 11 is 0. The predicted molar refractivity (Wildman–Crippen MR) is 79.1 cm³/mol. The Morgan fingerprint density at radius 1 is 1.19 bits per heavy atom. The zero-order valence-electron chi connectivity index (χ0n) is 11.5. The smallest absolute Gasteiger partial charge is 0.336 e. The number of carboxylic acids is 1. The summed E-state index contributed by atoms with van der Waals surface area (Å²) in [6.07, 6.45) is 0.539. The maximum Gasteiger partial charge on any atom is 0.336 e. The van der Waals surface area contributed by atoms with Gasteiger partial charge in [-0.05, 0) is 35.2 Å². The molecule has 1 aliphatic heterocycles. The van der Waals surface area contributed by atoms with Gasteiger partial charge in [0.2, 0.25) is 0 Å². The van der Waals surface area contributed by atoms with Crippen LogP contribution in [0, 0.1) is 0 Å². The molecular formula is C16H14O4S. The van der Waals surface area contributed by atoms with Gasteiger partial charge in [-0.2, -0.15) is 0 Å². The maximum atomic E-state index is 12.4. The largest absolute Gasteiger partial charge is 0.478 e. The minimum absolute atomic E-state index is 0.0687. The first-order chi connectivity index (χ1) is 9.94. The molecule has 2 aromatic carbocycles. The van der Waals surface area contributed by atoms with E-state index in [1.54, 1.807) is 12.1 Å². The summed E-state index contributed by atoms with van der Waals surface area (Å²) in [5, 5.41) is 9.27. The number of aryl methyl sites for hydroxylation is 1. The molecule has 21 heavy (non-hydrogen) atoms. The topological polar surface area (TPSA) is 71.4 Å². The minimum Gasteiger partial charge on any atom is -0.478 e. The Labute approximate surface area is 123 Å². The highest BCUT2D eigenvalue weighted by molar-refractivity contribution is 7.90. The highest BCUT2D eigenvalue weighted by Gasteiger charge is 2.29. The Kier molecular flexibility index (Phi) is 3.10. The van der Waals surface area contributed by atoms with Crippen LogP contribution in [0.25, 0.3) is 11.1 Å². The molecule has 1 aliphatic rings. The van der Waals surface area contributed by atoms with E-state index in [0.717, 1.165) is 11.1 Å². The summed E-state index contributed by atoms with van der Waals surface area (Å²) in [6, 6.07) is 10.4. The lowest BCUT2D eigenvalue weighted by atomic mass is 9.95. The van der Waals surface area contributed by atoms with Crippen molar-refractivity contribution in [3.8, 4) is 11.1 Å². The number of benzene rings is 2. The van der Waals surface area contributed by atoms with Gasteiger partial charge in [0.05, 0.1) is 16.2 Å². The molecule has 108 valence electrons. The highest BCUT2D eigenvalue weighted by Crippen LogP contribution is 2.39. The normalized spacial score (nSPS) is 15.1. The van der Waals surface area contributed by atoms with Crippen molar-refractivity contribution in [2.45, 2.75) is 24.0 Å². The second-order valence-electron chi connectivity index (χ2n) is 5.08. The van der Waals surface area contributed by atoms with Gasteiger partial charge in [0, 0.05) is 5.56 Å². The second kappa shape index (κ2) is 4.70. The third-order valence-electron chi connectivity index (χ3n) is 3.80. The predicted octanol–water partition coefficient (Wildman–Crippen LogP) is 2.90. The van der Waals surface area contributed by atoms with E-state index in [9.17, 15) is 18.3 Å². The minimum atomic E-state index is -3.50. The molecule has 1 N–H and O–H groups in total. The summed E-state index contributed by atoms with van der Waals surface area (Å²) in [5.41, 5.74) is 2.95. The van der Waals surface area contributed by atoms with Crippen molar-refractivity contribution in [1.82, 2.24) is 0 Å². The number of aromatic carboxylic acids is 1. The first kappa shape index (κ1) is 13.8. The molecule has 0 aromatic heterocycles. The molecule has 0 bridgehead atoms. The van der Waals surface area contributed by atoms with Crippen LogP contribution in [-0.4, -0.2) is 19.5 Å². The number of carbonyl (C=O) groups is 1. The van der Waals surface area contributed by atoms with E-state index in [2.05, 4.69) is 0 Å². The SMILES string of the molecule is CCc1cc2c(cc1C(=O)O)S(=O)(=O)Cc1ccccc1-2. The van der Waals surface area contributed by atoms with Gasteiger partial charge >= 0.3 is 5.97 Å². The van der Waals surface area contributed by atoms with E-state index >= 15 is 0 Å². The average molecular weight is 302 g/mol. The fourth-order valence-corrected chi connectivity index (χ4v) is 4.39. The van der Waals surface area contributed by atoms with Crippen LogP contribution in [-0.2, 0) is 22.0 Å². The number of rotatable bonds is 2. The van der Waals surface area contributed by atoms with Crippen molar-refractivity contribution in [3.05, 3.63) is 53.1 Å². The molecule has 0 fully saturated rings. The average Bonchev–Trinajstić information content (AvgIpc) is 2.45. The van der Waals surface area contributed by atoms with Gasteiger partial charge in [-0.15, -0.1) is 0 Å². The summed E-state index contributed by atoms with van der Waals surface area (Å²) in [5.74, 6) is -1.18. The van der Waals surface area contributed by atoms with E-state index in [0.29, 0.717) is 17.5 Å². The first-order valence-electron chi connectivity index (χ1n) is 6.65. The van der Waals surface area contributed by atoms with Crippen LogP contribution in [0.4, 0.5) is 0 Å². The van der Waals surface area contributed by atoms with Crippen molar-refractivity contribution in [3.63, 3.8) is 0 Å². The molecule has 0 atom stereocenters. The van der Waals surface area contributed by atoms with Crippen LogP contribution in [0.15, 0.2) is 41.3 Å². The molecule has 4 nitrogen and oxygen atoms in total. The summed E-state index contributed by atoms with van der Waals surface area (Å²) in [6.45, 7) is 1.86. The van der Waals surface area contributed by atoms with Crippen LogP contribution >= 0.6 is 0 Å². The molecule has 2 aromatic rings. The number of carboxylic acid groups (broad SMARTS) is 1. The van der Waals surface area contributed by atoms with Crippen LogP contribution < -0.4 is 0 Å². The van der Waals surface area contributed by atoms with Gasteiger partial charge in [0.25, 0.3) is 0 Å². The van der Waals surface area contributed by atoms with Crippen molar-refractivity contribution in [1.29, 1.82) is 0 Å². The lowest BCUT2D eigenvalue weighted by Gasteiger charge is -2.21. The Bertz CT molecular complexity index is 851. The van der Waals surface area contributed by atoms with Crippen molar-refractivity contribution in [2.24, 2.45) is 0 Å². The Hall–Kier alpha value is -2.14. The molecular weight excluding hydrogens is 288 g/mol. The van der Waals surface area contributed by atoms with Gasteiger partial charge in [0.15, 0.2) is 9.84 Å². The Morgan fingerprint density at radius 2 is 1.90 bits per heavy atom. The Balaban J connectivity index is 2.40. The summed E-state index contributed by atoms with van der Waals surface area (Å²) in [4.78, 5) is 11.4. The number of fused-ring (bicyclic) bond motifs is 3. The van der Waals surface area contributed by atoms with Crippen molar-refractivity contribution < 1.29 is 18.3 Å². The first-order valence-corrected chi connectivity index (χ1v) is 8.30. The molecule has 1 heterocycles. The zero-order valence-corrected chi connectivity index (χ0v) is 12.3. The molecule has 0 aliphatic carbocycles. The van der Waals surface area contributed by atoms with Gasteiger partial charge in [-0.25, -0.2) is 13.2 Å².